The van der Waals surface area contributed by atoms with Gasteiger partial charge < -0.3 is 28.7 Å². The Hall–Kier alpha value is -2.45. The van der Waals surface area contributed by atoms with Gasteiger partial charge in [0.05, 0.1) is 11.6 Å². The van der Waals surface area contributed by atoms with Crippen molar-refractivity contribution in [2.24, 2.45) is 7.05 Å². The molecule has 0 radical (unpaired) electrons. The third-order valence-corrected chi connectivity index (χ3v) is 7.72. The highest BCUT2D eigenvalue weighted by atomic mass is 127. The number of pyridine rings is 1. The predicted octanol–water partition coefficient (Wildman–Crippen LogP) is 5.73. The molecule has 1 aromatic heterocycles. The highest BCUT2D eigenvalue weighted by Gasteiger charge is 2.27. The Balaban J connectivity index is 0.00000616. The van der Waals surface area contributed by atoms with Gasteiger partial charge in [-0.05, 0) is 36.8 Å². The molecule has 3 rings (SSSR count). The Morgan fingerprint density at radius 3 is 1.90 bits per heavy atom. The summed E-state index contributed by atoms with van der Waals surface area (Å²) in [5.74, 6) is -0.207. The monoisotopic (exact) mass is 704 g/mol. The van der Waals surface area contributed by atoms with Crippen LogP contribution < -0.4 is 33.3 Å². The van der Waals surface area contributed by atoms with Crippen LogP contribution in [0.25, 0.3) is 0 Å². The quantitative estimate of drug-likeness (QED) is 0.0736. The van der Waals surface area contributed by atoms with Gasteiger partial charge in [-0.25, -0.2) is 4.57 Å². The van der Waals surface area contributed by atoms with Crippen LogP contribution >= 0.6 is 11.6 Å². The molecule has 0 aliphatic rings. The number of benzene rings is 2. The molecule has 42 heavy (non-hydrogen) atoms. The van der Waals surface area contributed by atoms with Crippen molar-refractivity contribution in [1.29, 1.82) is 0 Å². The second-order valence-electron chi connectivity index (χ2n) is 10.7. The van der Waals surface area contributed by atoms with Gasteiger partial charge in [0.15, 0.2) is 6.20 Å². The number of carbonyl (C=O) groups excluding carboxylic acids is 2. The third-order valence-electron chi connectivity index (χ3n) is 7.43. The predicted molar refractivity (Wildman–Crippen MR) is 166 cm³/mol. The van der Waals surface area contributed by atoms with Gasteiger partial charge in [-0.15, -0.1) is 0 Å². The summed E-state index contributed by atoms with van der Waals surface area (Å²) in [4.78, 5) is 28.3. The van der Waals surface area contributed by atoms with Crippen LogP contribution in [-0.4, -0.2) is 23.3 Å². The van der Waals surface area contributed by atoms with Gasteiger partial charge in [0.2, 0.25) is 5.69 Å². The largest absolute Gasteiger partial charge is 1.00 e. The zero-order valence-electron chi connectivity index (χ0n) is 25.2. The molecule has 0 aliphatic carbocycles. The second kappa shape index (κ2) is 20.5. The fourth-order valence-electron chi connectivity index (χ4n) is 4.89. The van der Waals surface area contributed by atoms with Gasteiger partial charge in [-0.3, -0.25) is 14.5 Å². The number of hydrogen-bond acceptors (Lipinski definition) is 3. The van der Waals surface area contributed by atoms with Gasteiger partial charge in [-0.2, -0.15) is 0 Å². The molecule has 0 saturated carbocycles. The topological polar surface area (TPSA) is 50.5 Å². The van der Waals surface area contributed by atoms with E-state index in [1.807, 2.05) is 42.1 Å². The average Bonchev–Trinajstić information content (AvgIpc) is 2.99. The van der Waals surface area contributed by atoms with E-state index in [2.05, 4.69) is 6.92 Å². The van der Waals surface area contributed by atoms with E-state index in [1.54, 1.807) is 42.5 Å². The number of nitrogens with zero attached hydrogens (tertiary/aromatic N) is 2. The van der Waals surface area contributed by atoms with Crippen LogP contribution in [0.4, 0.5) is 0 Å². The lowest BCUT2D eigenvalue weighted by Gasteiger charge is -2.20. The van der Waals surface area contributed by atoms with Crippen molar-refractivity contribution in [3.63, 3.8) is 0 Å². The minimum atomic E-state index is -0.405. The van der Waals surface area contributed by atoms with Crippen LogP contribution in [0.5, 0.6) is 5.75 Å². The molecule has 0 spiro atoms. The number of amides is 2. The lowest BCUT2D eigenvalue weighted by atomic mass is 10.1. The molecule has 1 heterocycles. The smallest absolute Gasteiger partial charge is 0.261 e. The number of imide groups is 1. The number of hydrogen-bond donors (Lipinski definition) is 0. The third kappa shape index (κ3) is 12.0. The molecular weight excluding hydrogens is 659 g/mol. The number of carbonyl (C=O) groups is 2. The number of unbranched alkanes of at least 4 members (excludes halogenated alkanes) is 11. The average molecular weight is 705 g/mol. The first-order valence-electron chi connectivity index (χ1n) is 15.3. The summed E-state index contributed by atoms with van der Waals surface area (Å²) in [6.07, 6.45) is 17.4. The maximum atomic E-state index is 13.6. The van der Waals surface area contributed by atoms with E-state index in [-0.39, 0.29) is 36.4 Å². The Labute approximate surface area is 274 Å². The van der Waals surface area contributed by atoms with Crippen molar-refractivity contribution in [1.82, 2.24) is 4.90 Å². The summed E-state index contributed by atoms with van der Waals surface area (Å²) < 4.78 is 7.83. The first-order chi connectivity index (χ1) is 20.0. The molecule has 0 N–H and O–H groups in total. The number of rotatable bonds is 18. The van der Waals surface area contributed by atoms with Crippen LogP contribution in [0.3, 0.4) is 0 Å². The molecule has 7 heteroatoms. The molecule has 0 bridgehead atoms. The number of aromatic nitrogens is 1. The lowest BCUT2D eigenvalue weighted by Crippen LogP contribution is -3.00. The molecule has 0 aliphatic heterocycles. The fraction of sp³-hybridized carbons (Fsp3) is 0.457. The van der Waals surface area contributed by atoms with E-state index >= 15 is 0 Å². The van der Waals surface area contributed by atoms with Gasteiger partial charge >= 0.3 is 0 Å². The van der Waals surface area contributed by atoms with E-state index in [0.717, 1.165) is 18.5 Å². The van der Waals surface area contributed by atoms with E-state index in [1.165, 1.54) is 69.1 Å². The zero-order valence-corrected chi connectivity index (χ0v) is 28.1. The van der Waals surface area contributed by atoms with Gasteiger partial charge in [0.1, 0.15) is 19.3 Å². The van der Waals surface area contributed by atoms with Crippen LogP contribution in [0.2, 0.25) is 5.02 Å². The van der Waals surface area contributed by atoms with Crippen molar-refractivity contribution in [2.75, 3.05) is 6.61 Å². The molecule has 0 saturated heterocycles. The van der Waals surface area contributed by atoms with Gasteiger partial charge in [0.25, 0.3) is 11.8 Å². The van der Waals surface area contributed by atoms with Gasteiger partial charge in [-0.1, -0.05) is 113 Å². The number of aryl methyl sites for hydroxylation is 1. The Morgan fingerprint density at radius 1 is 0.738 bits per heavy atom. The highest BCUT2D eigenvalue weighted by molar-refractivity contribution is 6.32. The molecule has 0 fully saturated rings. The fourth-order valence-corrected chi connectivity index (χ4v) is 5.12. The Kier molecular flexibility index (Phi) is 17.4. The van der Waals surface area contributed by atoms with Crippen molar-refractivity contribution in [3.05, 3.63) is 94.8 Å². The van der Waals surface area contributed by atoms with E-state index in [9.17, 15) is 9.59 Å². The van der Waals surface area contributed by atoms with Crippen molar-refractivity contribution < 1.29 is 42.9 Å². The van der Waals surface area contributed by atoms with Crippen LogP contribution in [0.1, 0.15) is 110 Å². The highest BCUT2D eigenvalue weighted by Crippen LogP contribution is 2.27. The molecule has 0 atom stereocenters. The van der Waals surface area contributed by atoms with Crippen LogP contribution in [0.15, 0.2) is 72.9 Å². The molecule has 0 unspecified atom stereocenters. The summed E-state index contributed by atoms with van der Waals surface area (Å²) >= 11 is 6.53. The van der Waals surface area contributed by atoms with Crippen molar-refractivity contribution >= 4 is 23.4 Å². The summed E-state index contributed by atoms with van der Waals surface area (Å²) in [6.45, 7) is 2.99. The Morgan fingerprint density at radius 2 is 1.31 bits per heavy atom. The Bertz CT molecular complexity index is 1220. The summed E-state index contributed by atoms with van der Waals surface area (Å²) in [7, 11) is 1.89. The number of ether oxygens (including phenoxy) is 1. The molecule has 3 aromatic rings. The minimum absolute atomic E-state index is 0. The summed E-state index contributed by atoms with van der Waals surface area (Å²) in [5, 5.41) is 0.368. The maximum Gasteiger partial charge on any atom is 0.261 e. The zero-order chi connectivity index (χ0) is 29.3. The number of halogens is 2. The molecule has 2 aromatic carbocycles. The summed E-state index contributed by atoms with van der Waals surface area (Å²) in [5.41, 5.74) is 1.63. The van der Waals surface area contributed by atoms with Crippen LogP contribution in [-0.2, 0) is 13.6 Å². The summed E-state index contributed by atoms with van der Waals surface area (Å²) in [6, 6.07) is 19.6. The normalized spacial score (nSPS) is 10.6. The van der Waals surface area contributed by atoms with E-state index in [0.29, 0.717) is 28.5 Å². The van der Waals surface area contributed by atoms with Gasteiger partial charge in [0, 0.05) is 23.3 Å². The molecule has 228 valence electrons. The van der Waals surface area contributed by atoms with Crippen LogP contribution in [0, 0.1) is 0 Å². The second-order valence-corrected chi connectivity index (χ2v) is 11.2. The maximum absolute atomic E-state index is 13.6. The lowest BCUT2D eigenvalue weighted by molar-refractivity contribution is -0.679. The molecule has 5 nitrogen and oxygen atoms in total. The van der Waals surface area contributed by atoms with E-state index < -0.39 is 5.91 Å². The SMILES string of the molecule is CCCCCCCCCCCCCCOc1ccc(C(=O)N(Cc2cccc[n+]2C)C(=O)c2ccccc2)cc1Cl.[I-]. The first kappa shape index (κ1) is 35.7. The van der Waals surface area contributed by atoms with Crippen molar-refractivity contribution in [3.8, 4) is 5.75 Å². The van der Waals surface area contributed by atoms with E-state index in [4.69, 9.17) is 16.3 Å². The van der Waals surface area contributed by atoms with Crippen molar-refractivity contribution in [2.45, 2.75) is 90.5 Å². The first-order valence-corrected chi connectivity index (χ1v) is 15.7. The standard InChI is InChI=1S/C35H46ClN2O3.HI/c1-3-4-5-6-7-8-9-10-11-12-13-19-26-41-33-24-23-30(27-32(33)36)35(40)38(28-31-22-17-18-25-37(31)2)34(39)29-20-15-14-16-21-29;/h14-18,20-25,27H,3-13,19,26,28H2,1-2H3;1H/q+1;/p-1. The minimum Gasteiger partial charge on any atom is -1.00 e. The molecular formula is C35H46ClIN2O3. The molecule has 2 amide bonds.